The molecule has 0 amide bonds. The molecule has 0 aliphatic carbocycles. The maximum Gasteiger partial charge on any atom is 0.343 e. The van der Waals surface area contributed by atoms with Crippen LogP contribution in [0.2, 0.25) is 0 Å². The number of nitrogens with two attached hydrogens (primary N) is 1. The third kappa shape index (κ3) is 27.8. The lowest BCUT2D eigenvalue weighted by Crippen LogP contribution is -2.12. The average Bonchev–Trinajstić information content (AvgIpc) is 3.25. The molecule has 0 aliphatic heterocycles. The summed E-state index contributed by atoms with van der Waals surface area (Å²) in [5.74, 6) is 1.31. The molecule has 0 bridgehead atoms. The number of anilines is 1. The molecule has 346 valence electrons. The largest absolute Gasteiger partial charge is 0.490 e. The maximum atomic E-state index is 13.5. The highest BCUT2D eigenvalue weighted by Gasteiger charge is 2.21. The van der Waals surface area contributed by atoms with Crippen LogP contribution in [0.5, 0.6) is 23.0 Å². The summed E-state index contributed by atoms with van der Waals surface area (Å²) in [6.07, 6.45) is 36.2. The van der Waals surface area contributed by atoms with Crippen LogP contribution in [0.25, 0.3) is 0 Å². The molecule has 2 aromatic rings. The zero-order chi connectivity index (χ0) is 44.0. The highest BCUT2D eigenvalue weighted by Crippen LogP contribution is 2.40. The molecule has 0 heterocycles. The van der Waals surface area contributed by atoms with Gasteiger partial charge in [-0.3, -0.25) is 0 Å². The Kier molecular flexibility index (Phi) is 32.4. The van der Waals surface area contributed by atoms with E-state index < -0.39 is 5.97 Å². The van der Waals surface area contributed by atoms with Crippen molar-refractivity contribution in [3.8, 4) is 23.0 Å². The van der Waals surface area contributed by atoms with Gasteiger partial charge in [-0.25, -0.2) is 9.59 Å². The minimum atomic E-state index is -0.481. The van der Waals surface area contributed by atoms with E-state index in [0.717, 1.165) is 57.8 Å². The molecule has 0 atom stereocenters. The van der Waals surface area contributed by atoms with Crippen molar-refractivity contribution in [1.82, 2.24) is 0 Å². The number of unbranched alkanes of at least 4 members (excludes halogenated alkanes) is 27. The molecule has 0 unspecified atom stereocenters. The summed E-state index contributed by atoms with van der Waals surface area (Å²) in [6, 6.07) is 10.4. The van der Waals surface area contributed by atoms with Gasteiger partial charge in [0.15, 0.2) is 11.5 Å². The lowest BCUT2D eigenvalue weighted by atomic mass is 10.1. The molecule has 61 heavy (non-hydrogen) atoms. The minimum Gasteiger partial charge on any atom is -0.490 e. The molecule has 0 spiro atoms. The second kappa shape index (κ2) is 36.9. The Hall–Kier alpha value is -3.68. The van der Waals surface area contributed by atoms with E-state index in [2.05, 4.69) is 20.4 Å². The van der Waals surface area contributed by atoms with Crippen LogP contribution in [0.4, 0.5) is 5.69 Å². The zero-order valence-electron chi connectivity index (χ0n) is 39.1. The van der Waals surface area contributed by atoms with Crippen molar-refractivity contribution >= 4 is 17.6 Å². The van der Waals surface area contributed by atoms with Crippen LogP contribution in [0.15, 0.2) is 48.6 Å². The van der Waals surface area contributed by atoms with Gasteiger partial charge in [-0.2, -0.15) is 0 Å². The van der Waals surface area contributed by atoms with Gasteiger partial charge in [0.05, 0.1) is 32.0 Å². The number of carbonyl (C=O) groups is 2. The topological polar surface area (TPSA) is 106 Å². The summed E-state index contributed by atoms with van der Waals surface area (Å²) in [5.41, 5.74) is 7.30. The number of ether oxygens (including phenoxy) is 5. The fourth-order valence-electron chi connectivity index (χ4n) is 7.38. The first kappa shape index (κ1) is 53.5. The van der Waals surface area contributed by atoms with E-state index in [4.69, 9.17) is 29.4 Å². The normalized spacial score (nSPS) is 11.1. The Morgan fingerprint density at radius 1 is 0.492 bits per heavy atom. The molecule has 0 saturated carbocycles. The van der Waals surface area contributed by atoms with E-state index in [1.165, 1.54) is 135 Å². The summed E-state index contributed by atoms with van der Waals surface area (Å²) in [7, 11) is 0. The molecule has 8 heteroatoms. The lowest BCUT2D eigenvalue weighted by Gasteiger charge is -2.19. The molecule has 0 saturated heterocycles. The number of hydrogen-bond acceptors (Lipinski definition) is 8. The zero-order valence-corrected chi connectivity index (χ0v) is 39.1. The van der Waals surface area contributed by atoms with Crippen LogP contribution in [0.1, 0.15) is 224 Å². The Bertz CT molecular complexity index is 1410. The van der Waals surface area contributed by atoms with Crippen LogP contribution in [0.3, 0.4) is 0 Å². The van der Waals surface area contributed by atoms with E-state index in [9.17, 15) is 9.59 Å². The van der Waals surface area contributed by atoms with Crippen LogP contribution in [-0.2, 0) is 9.53 Å². The highest BCUT2D eigenvalue weighted by atomic mass is 16.5. The second-order valence-electron chi connectivity index (χ2n) is 17.1. The molecule has 2 aromatic carbocycles. The quantitative estimate of drug-likeness (QED) is 0.0232. The van der Waals surface area contributed by atoms with E-state index >= 15 is 0 Å². The van der Waals surface area contributed by atoms with Crippen molar-refractivity contribution in [3.05, 3.63) is 54.1 Å². The third-order valence-corrected chi connectivity index (χ3v) is 11.2. The molecular weight excluding hydrogens is 763 g/mol. The van der Waals surface area contributed by atoms with Gasteiger partial charge >= 0.3 is 11.9 Å². The number of hydrogen-bond donors (Lipinski definition) is 1. The van der Waals surface area contributed by atoms with Gasteiger partial charge in [-0.15, -0.1) is 0 Å². The van der Waals surface area contributed by atoms with Gasteiger partial charge < -0.3 is 29.4 Å². The summed E-state index contributed by atoms with van der Waals surface area (Å²) in [5, 5.41) is 0. The van der Waals surface area contributed by atoms with E-state index in [1.807, 2.05) is 0 Å². The van der Waals surface area contributed by atoms with Crippen molar-refractivity contribution in [2.75, 3.05) is 32.2 Å². The predicted octanol–water partition coefficient (Wildman–Crippen LogP) is 15.5. The summed E-state index contributed by atoms with van der Waals surface area (Å²) < 4.78 is 30.3. The van der Waals surface area contributed by atoms with Gasteiger partial charge in [-0.05, 0) is 69.0 Å². The standard InChI is InChI=1S/C53H87NO7/c1-5-7-9-11-13-15-19-23-27-31-39-57-49-43-46(53(56)61-48-37-35-47(54)36-38-48)44-50(51(49)59-41-33-29-25-20-16-14-12-10-8-6-2)58-40-32-28-24-21-17-18-22-26-30-34-42-60-52(55)45(3)4/h35-38,43-44H,3,5-34,39-42,54H2,1-2,4H3. The Balaban J connectivity index is 1.98. The van der Waals surface area contributed by atoms with Gasteiger partial charge in [0.1, 0.15) is 5.75 Å². The van der Waals surface area contributed by atoms with Crippen molar-refractivity contribution in [2.24, 2.45) is 0 Å². The molecular formula is C53H87NO7. The molecule has 2 rings (SSSR count). The number of esters is 2. The fourth-order valence-corrected chi connectivity index (χ4v) is 7.38. The predicted molar refractivity (Wildman–Crippen MR) is 254 cm³/mol. The molecule has 8 nitrogen and oxygen atoms in total. The summed E-state index contributed by atoms with van der Waals surface area (Å²) in [4.78, 5) is 25.0. The second-order valence-corrected chi connectivity index (χ2v) is 17.1. The van der Waals surface area contributed by atoms with E-state index in [0.29, 0.717) is 66.2 Å². The number of carbonyl (C=O) groups excluding carboxylic acids is 2. The van der Waals surface area contributed by atoms with Crippen LogP contribution < -0.4 is 24.7 Å². The SMILES string of the molecule is C=C(C)C(=O)OCCCCCCCCCCCCOc1cc(C(=O)Oc2ccc(N)cc2)cc(OCCCCCCCCCCCC)c1OCCCCCCCCCCCC. The summed E-state index contributed by atoms with van der Waals surface area (Å²) in [6.45, 7) is 12.0. The Morgan fingerprint density at radius 2 is 0.836 bits per heavy atom. The Labute approximate surface area is 372 Å². The smallest absolute Gasteiger partial charge is 0.343 e. The lowest BCUT2D eigenvalue weighted by molar-refractivity contribution is -0.139. The van der Waals surface area contributed by atoms with Crippen molar-refractivity contribution in [3.63, 3.8) is 0 Å². The molecule has 0 aliphatic rings. The van der Waals surface area contributed by atoms with Crippen LogP contribution >= 0.6 is 0 Å². The highest BCUT2D eigenvalue weighted by molar-refractivity contribution is 5.92. The maximum absolute atomic E-state index is 13.5. The van der Waals surface area contributed by atoms with Gasteiger partial charge in [0.2, 0.25) is 5.75 Å². The van der Waals surface area contributed by atoms with E-state index in [-0.39, 0.29) is 5.97 Å². The number of benzene rings is 2. The average molecular weight is 850 g/mol. The fraction of sp³-hybridized carbons (Fsp3) is 0.698. The van der Waals surface area contributed by atoms with Crippen LogP contribution in [0, 0.1) is 0 Å². The van der Waals surface area contributed by atoms with Crippen molar-refractivity contribution in [2.45, 2.75) is 213 Å². The first-order chi connectivity index (χ1) is 29.8. The Morgan fingerprint density at radius 3 is 1.21 bits per heavy atom. The number of rotatable bonds is 41. The van der Waals surface area contributed by atoms with E-state index in [1.54, 1.807) is 43.3 Å². The monoisotopic (exact) mass is 850 g/mol. The van der Waals surface area contributed by atoms with Crippen molar-refractivity contribution < 1.29 is 33.3 Å². The number of nitrogen functional groups attached to an aromatic ring is 1. The molecule has 0 aromatic heterocycles. The van der Waals surface area contributed by atoms with Crippen molar-refractivity contribution in [1.29, 1.82) is 0 Å². The molecule has 0 radical (unpaired) electrons. The molecule has 0 fully saturated rings. The van der Waals surface area contributed by atoms with Gasteiger partial charge in [0, 0.05) is 11.3 Å². The van der Waals surface area contributed by atoms with Crippen LogP contribution in [-0.4, -0.2) is 38.4 Å². The minimum absolute atomic E-state index is 0.295. The first-order valence-electron chi connectivity index (χ1n) is 24.8. The van der Waals surface area contributed by atoms with Gasteiger partial charge in [-0.1, -0.05) is 187 Å². The third-order valence-electron chi connectivity index (χ3n) is 11.2. The summed E-state index contributed by atoms with van der Waals surface area (Å²) >= 11 is 0. The van der Waals surface area contributed by atoms with Gasteiger partial charge in [0.25, 0.3) is 0 Å². The first-order valence-corrected chi connectivity index (χ1v) is 24.8. The molecule has 2 N–H and O–H groups in total.